The van der Waals surface area contributed by atoms with Gasteiger partial charge in [0.25, 0.3) is 0 Å². The summed E-state index contributed by atoms with van der Waals surface area (Å²) in [6.07, 6.45) is 2.28. The first-order chi connectivity index (χ1) is 12.1. The molecule has 0 saturated carbocycles. The van der Waals surface area contributed by atoms with Crippen LogP contribution in [0.1, 0.15) is 44.7 Å². The zero-order valence-corrected chi connectivity index (χ0v) is 15.3. The first-order valence-corrected chi connectivity index (χ1v) is 9.15. The number of carbonyl (C=O) groups excluding carboxylic acids is 1. The van der Waals surface area contributed by atoms with Crippen molar-refractivity contribution in [3.05, 3.63) is 35.9 Å². The molecule has 0 radical (unpaired) electrons. The summed E-state index contributed by atoms with van der Waals surface area (Å²) in [4.78, 5) is 14.8. The van der Waals surface area contributed by atoms with Gasteiger partial charge in [0.1, 0.15) is 0 Å². The number of rotatable bonds is 8. The van der Waals surface area contributed by atoms with E-state index >= 15 is 0 Å². The maximum atomic E-state index is 12.7. The van der Waals surface area contributed by atoms with Crippen LogP contribution in [-0.4, -0.2) is 43.2 Å². The van der Waals surface area contributed by atoms with Crippen molar-refractivity contribution in [3.63, 3.8) is 0 Å². The van der Waals surface area contributed by atoms with E-state index in [1.165, 1.54) is 0 Å². The first-order valence-electron chi connectivity index (χ1n) is 9.15. The third-order valence-electron chi connectivity index (χ3n) is 4.71. The number of amides is 1. The van der Waals surface area contributed by atoms with Crippen molar-refractivity contribution >= 4 is 5.91 Å². The van der Waals surface area contributed by atoms with Crippen LogP contribution in [0, 0.1) is 17.2 Å². The molecular weight excluding hydrogens is 314 g/mol. The number of nitrogens with one attached hydrogen (secondary N) is 1. The molecule has 0 aromatic heterocycles. The third-order valence-corrected chi connectivity index (χ3v) is 4.71. The number of nitrogens with zero attached hydrogens (tertiary/aromatic N) is 2. The molecule has 1 aliphatic heterocycles. The topological polar surface area (TPSA) is 65.4 Å². The second-order valence-corrected chi connectivity index (χ2v) is 6.92. The van der Waals surface area contributed by atoms with Crippen LogP contribution in [0.15, 0.2) is 30.3 Å². The second kappa shape index (κ2) is 10.2. The molecular formula is C20H29N3O2. The molecule has 0 aliphatic carbocycles. The molecule has 1 atom stereocenters. The summed E-state index contributed by atoms with van der Waals surface area (Å²) in [5, 5.41) is 12.1. The van der Waals surface area contributed by atoms with E-state index in [-0.39, 0.29) is 11.9 Å². The molecule has 1 aliphatic rings. The number of carbonyl (C=O) groups is 1. The van der Waals surface area contributed by atoms with Crippen molar-refractivity contribution < 1.29 is 9.53 Å². The highest BCUT2D eigenvalue weighted by atomic mass is 16.5. The Kier molecular flexibility index (Phi) is 7.90. The molecule has 25 heavy (non-hydrogen) atoms. The summed E-state index contributed by atoms with van der Waals surface area (Å²) in [5.74, 6) is 0.328. The summed E-state index contributed by atoms with van der Waals surface area (Å²) in [7, 11) is 0. The Balaban J connectivity index is 1.99. The number of ether oxygens (including phenoxy) is 1. The Hall–Kier alpha value is -1.90. The van der Waals surface area contributed by atoms with Gasteiger partial charge in [0.2, 0.25) is 5.91 Å². The fourth-order valence-electron chi connectivity index (χ4n) is 3.33. The molecule has 5 nitrogen and oxygen atoms in total. The lowest BCUT2D eigenvalue weighted by Gasteiger charge is -2.34. The van der Waals surface area contributed by atoms with Gasteiger partial charge in [-0.05, 0) is 24.3 Å². The van der Waals surface area contributed by atoms with Crippen LogP contribution in [0.3, 0.4) is 0 Å². The normalized spacial score (nSPS) is 16.6. The number of hydrogen-bond donors (Lipinski definition) is 1. The molecule has 2 rings (SSSR count). The van der Waals surface area contributed by atoms with Crippen LogP contribution in [0.5, 0.6) is 0 Å². The SMILES string of the molecule is CC(C)[C@@H](NC(=O)CN(CCC#N)C1CCOCC1)c1ccccc1. The van der Waals surface area contributed by atoms with Gasteiger partial charge in [-0.15, -0.1) is 0 Å². The Morgan fingerprint density at radius 3 is 2.60 bits per heavy atom. The number of benzene rings is 1. The van der Waals surface area contributed by atoms with Crippen molar-refractivity contribution in [3.8, 4) is 6.07 Å². The summed E-state index contributed by atoms with van der Waals surface area (Å²) in [5.41, 5.74) is 1.13. The molecule has 0 spiro atoms. The number of hydrogen-bond acceptors (Lipinski definition) is 4. The first kappa shape index (κ1) is 19.4. The smallest absolute Gasteiger partial charge is 0.234 e. The van der Waals surface area contributed by atoms with E-state index < -0.39 is 0 Å². The molecule has 0 unspecified atom stereocenters. The molecule has 136 valence electrons. The minimum Gasteiger partial charge on any atom is -0.381 e. The van der Waals surface area contributed by atoms with Crippen LogP contribution in [0.4, 0.5) is 0 Å². The lowest BCUT2D eigenvalue weighted by atomic mass is 9.96. The van der Waals surface area contributed by atoms with E-state index in [2.05, 4.69) is 42.3 Å². The van der Waals surface area contributed by atoms with E-state index in [1.807, 2.05) is 18.2 Å². The average Bonchev–Trinajstić information content (AvgIpc) is 2.64. The summed E-state index contributed by atoms with van der Waals surface area (Å²) < 4.78 is 5.42. The van der Waals surface area contributed by atoms with Crippen LogP contribution in [0.2, 0.25) is 0 Å². The van der Waals surface area contributed by atoms with Crippen LogP contribution >= 0.6 is 0 Å². The fourth-order valence-corrected chi connectivity index (χ4v) is 3.33. The predicted octanol–water partition coefficient (Wildman–Crippen LogP) is 2.89. The summed E-state index contributed by atoms with van der Waals surface area (Å²) in [6, 6.07) is 12.6. The summed E-state index contributed by atoms with van der Waals surface area (Å²) in [6.45, 7) is 6.66. The van der Waals surface area contributed by atoms with E-state index in [9.17, 15) is 4.79 Å². The highest BCUT2D eigenvalue weighted by Gasteiger charge is 2.25. The van der Waals surface area contributed by atoms with E-state index in [1.54, 1.807) is 0 Å². The molecule has 1 N–H and O–H groups in total. The predicted molar refractivity (Wildman–Crippen MR) is 97.8 cm³/mol. The lowest BCUT2D eigenvalue weighted by molar-refractivity contribution is -0.124. The molecule has 1 aromatic rings. The zero-order valence-electron chi connectivity index (χ0n) is 15.3. The van der Waals surface area contributed by atoms with Crippen molar-refractivity contribution in [1.82, 2.24) is 10.2 Å². The van der Waals surface area contributed by atoms with Gasteiger partial charge in [0.15, 0.2) is 0 Å². The Bertz CT molecular complexity index is 562. The van der Waals surface area contributed by atoms with Gasteiger partial charge >= 0.3 is 0 Å². The van der Waals surface area contributed by atoms with Crippen molar-refractivity contribution in [2.75, 3.05) is 26.3 Å². The quantitative estimate of drug-likeness (QED) is 0.788. The van der Waals surface area contributed by atoms with E-state index in [0.29, 0.717) is 31.5 Å². The number of nitriles is 1. The molecule has 1 amide bonds. The van der Waals surface area contributed by atoms with Crippen molar-refractivity contribution in [1.29, 1.82) is 5.26 Å². The standard InChI is InChI=1S/C20H29N3O2/c1-16(2)20(17-7-4-3-5-8-17)22-19(24)15-23(12-6-11-21)18-9-13-25-14-10-18/h3-5,7-8,16,18,20H,6,9-10,12-15H2,1-2H3,(H,22,24)/t20-/m1/s1. The van der Waals surface area contributed by atoms with Crippen molar-refractivity contribution in [2.45, 2.75) is 45.2 Å². The van der Waals surface area contributed by atoms with Gasteiger partial charge in [0.05, 0.1) is 18.7 Å². The maximum Gasteiger partial charge on any atom is 0.234 e. The molecule has 1 saturated heterocycles. The maximum absolute atomic E-state index is 12.7. The van der Waals surface area contributed by atoms with E-state index in [0.717, 1.165) is 31.6 Å². The van der Waals surface area contributed by atoms with Gasteiger partial charge in [-0.1, -0.05) is 44.2 Å². The monoisotopic (exact) mass is 343 g/mol. The minimum atomic E-state index is 0.00112. The Morgan fingerprint density at radius 2 is 2.00 bits per heavy atom. The van der Waals surface area contributed by atoms with Gasteiger partial charge in [-0.3, -0.25) is 9.69 Å². The molecule has 0 bridgehead atoms. The fraction of sp³-hybridized carbons (Fsp3) is 0.600. The summed E-state index contributed by atoms with van der Waals surface area (Å²) >= 11 is 0. The zero-order chi connectivity index (χ0) is 18.1. The van der Waals surface area contributed by atoms with Crippen LogP contribution in [0.25, 0.3) is 0 Å². The lowest BCUT2D eigenvalue weighted by Crippen LogP contribution is -2.46. The Labute approximate surface area is 151 Å². The highest BCUT2D eigenvalue weighted by Crippen LogP contribution is 2.21. The van der Waals surface area contributed by atoms with Gasteiger partial charge < -0.3 is 10.1 Å². The van der Waals surface area contributed by atoms with Gasteiger partial charge in [-0.25, -0.2) is 0 Å². The largest absolute Gasteiger partial charge is 0.381 e. The second-order valence-electron chi connectivity index (χ2n) is 6.92. The van der Waals surface area contributed by atoms with Crippen LogP contribution in [-0.2, 0) is 9.53 Å². The molecule has 1 heterocycles. The molecule has 1 aromatic carbocycles. The van der Waals surface area contributed by atoms with Gasteiger partial charge in [0, 0.05) is 32.2 Å². The van der Waals surface area contributed by atoms with Crippen LogP contribution < -0.4 is 5.32 Å². The van der Waals surface area contributed by atoms with E-state index in [4.69, 9.17) is 10.00 Å². The average molecular weight is 343 g/mol. The minimum absolute atomic E-state index is 0.00112. The third kappa shape index (κ3) is 6.15. The highest BCUT2D eigenvalue weighted by molar-refractivity contribution is 5.78. The molecule has 1 fully saturated rings. The van der Waals surface area contributed by atoms with Crippen molar-refractivity contribution in [2.24, 2.45) is 5.92 Å². The Morgan fingerprint density at radius 1 is 1.32 bits per heavy atom. The van der Waals surface area contributed by atoms with Gasteiger partial charge in [-0.2, -0.15) is 5.26 Å². The molecule has 5 heteroatoms.